The summed E-state index contributed by atoms with van der Waals surface area (Å²) >= 11 is 4.61. The van der Waals surface area contributed by atoms with Crippen molar-refractivity contribution in [2.45, 2.75) is 39.0 Å². The van der Waals surface area contributed by atoms with Crippen LogP contribution in [0, 0.1) is 20.8 Å². The molecule has 0 nitrogen and oxygen atoms in total. The zero-order valence-electron chi connectivity index (χ0n) is 10.4. The monoisotopic (exact) mass is 230 g/mol. The fourth-order valence-corrected chi connectivity index (χ4v) is 2.83. The van der Waals surface area contributed by atoms with Crippen LogP contribution >= 0.6 is 12.6 Å². The Morgan fingerprint density at radius 2 is 1.69 bits per heavy atom. The van der Waals surface area contributed by atoms with Crippen LogP contribution in [-0.4, -0.2) is 0 Å². The van der Waals surface area contributed by atoms with E-state index in [1.54, 1.807) is 0 Å². The fourth-order valence-electron chi connectivity index (χ4n) is 2.38. The standard InChI is InChI=1S/C15H18S/c1-5-12-11(4)13-7-6-9(2)10(3)14(13)8-15(12)16/h6-8,16H,5H2,1-4H3. The first-order valence-electron chi connectivity index (χ1n) is 5.77. The highest BCUT2D eigenvalue weighted by Gasteiger charge is 2.09. The van der Waals surface area contributed by atoms with Crippen LogP contribution in [0.4, 0.5) is 0 Å². The minimum Gasteiger partial charge on any atom is -0.143 e. The lowest BCUT2D eigenvalue weighted by molar-refractivity contribution is 1.07. The van der Waals surface area contributed by atoms with E-state index in [9.17, 15) is 0 Å². The molecule has 84 valence electrons. The Hall–Kier alpha value is -0.950. The summed E-state index contributed by atoms with van der Waals surface area (Å²) in [6, 6.07) is 6.66. The van der Waals surface area contributed by atoms with Gasteiger partial charge >= 0.3 is 0 Å². The van der Waals surface area contributed by atoms with Gasteiger partial charge in [-0.15, -0.1) is 12.6 Å². The number of fused-ring (bicyclic) bond motifs is 1. The molecule has 0 bridgehead atoms. The minimum atomic E-state index is 1.05. The van der Waals surface area contributed by atoms with E-state index in [0.29, 0.717) is 0 Å². The number of aryl methyl sites for hydroxylation is 3. The molecule has 2 rings (SSSR count). The van der Waals surface area contributed by atoms with Crippen molar-refractivity contribution >= 4 is 23.4 Å². The summed E-state index contributed by atoms with van der Waals surface area (Å²) in [5.41, 5.74) is 5.48. The molecule has 0 aromatic heterocycles. The van der Waals surface area contributed by atoms with E-state index in [-0.39, 0.29) is 0 Å². The first kappa shape index (κ1) is 11.5. The number of thiol groups is 1. The van der Waals surface area contributed by atoms with E-state index in [0.717, 1.165) is 11.3 Å². The summed E-state index contributed by atoms with van der Waals surface area (Å²) in [6.45, 7) is 8.75. The van der Waals surface area contributed by atoms with Crippen molar-refractivity contribution in [3.8, 4) is 0 Å². The number of hydrogen-bond acceptors (Lipinski definition) is 1. The van der Waals surface area contributed by atoms with E-state index < -0.39 is 0 Å². The highest BCUT2D eigenvalue weighted by molar-refractivity contribution is 7.80. The van der Waals surface area contributed by atoms with Crippen molar-refractivity contribution in [3.05, 3.63) is 40.5 Å². The van der Waals surface area contributed by atoms with Crippen molar-refractivity contribution in [1.82, 2.24) is 0 Å². The highest BCUT2D eigenvalue weighted by atomic mass is 32.1. The SMILES string of the molecule is CCc1c(S)cc2c(C)c(C)ccc2c1C. The molecule has 0 heterocycles. The number of rotatable bonds is 1. The molecule has 0 amide bonds. The van der Waals surface area contributed by atoms with Crippen LogP contribution in [0.3, 0.4) is 0 Å². The van der Waals surface area contributed by atoms with Gasteiger partial charge in [0.25, 0.3) is 0 Å². The molecule has 2 aromatic rings. The smallest absolute Gasteiger partial charge is 0.00810 e. The average molecular weight is 230 g/mol. The van der Waals surface area contributed by atoms with E-state index >= 15 is 0 Å². The zero-order chi connectivity index (χ0) is 11.9. The van der Waals surface area contributed by atoms with E-state index in [4.69, 9.17) is 0 Å². The Bertz CT molecular complexity index is 553. The molecule has 0 radical (unpaired) electrons. The third kappa shape index (κ3) is 1.63. The molecule has 0 aliphatic heterocycles. The summed E-state index contributed by atoms with van der Waals surface area (Å²) in [4.78, 5) is 1.13. The van der Waals surface area contributed by atoms with Crippen molar-refractivity contribution in [1.29, 1.82) is 0 Å². The van der Waals surface area contributed by atoms with Crippen molar-refractivity contribution < 1.29 is 0 Å². The largest absolute Gasteiger partial charge is 0.143 e. The second-order valence-electron chi connectivity index (χ2n) is 4.46. The Morgan fingerprint density at radius 3 is 2.31 bits per heavy atom. The van der Waals surface area contributed by atoms with Gasteiger partial charge in [0.2, 0.25) is 0 Å². The van der Waals surface area contributed by atoms with Gasteiger partial charge in [-0.25, -0.2) is 0 Å². The van der Waals surface area contributed by atoms with Crippen LogP contribution in [0.1, 0.15) is 29.2 Å². The average Bonchev–Trinajstić information content (AvgIpc) is 2.25. The Kier molecular flexibility index (Phi) is 2.98. The van der Waals surface area contributed by atoms with Crippen LogP contribution in [0.15, 0.2) is 23.1 Å². The second-order valence-corrected chi connectivity index (χ2v) is 4.94. The predicted molar refractivity (Wildman–Crippen MR) is 74.8 cm³/mol. The summed E-state index contributed by atoms with van der Waals surface area (Å²) < 4.78 is 0. The molecule has 2 aromatic carbocycles. The first-order chi connectivity index (χ1) is 7.56. The van der Waals surface area contributed by atoms with Gasteiger partial charge in [0.05, 0.1) is 0 Å². The van der Waals surface area contributed by atoms with Gasteiger partial charge in [-0.2, -0.15) is 0 Å². The molecule has 0 saturated heterocycles. The maximum absolute atomic E-state index is 4.61. The molecule has 0 saturated carbocycles. The lowest BCUT2D eigenvalue weighted by atomic mass is 9.94. The van der Waals surface area contributed by atoms with Crippen LogP contribution in [0.2, 0.25) is 0 Å². The molecule has 0 spiro atoms. The minimum absolute atomic E-state index is 1.05. The Morgan fingerprint density at radius 1 is 1.00 bits per heavy atom. The third-order valence-corrected chi connectivity index (χ3v) is 3.99. The summed E-state index contributed by atoms with van der Waals surface area (Å²) in [6.07, 6.45) is 1.05. The van der Waals surface area contributed by atoms with Gasteiger partial charge in [-0.1, -0.05) is 19.1 Å². The van der Waals surface area contributed by atoms with Gasteiger partial charge in [0.1, 0.15) is 0 Å². The molecule has 0 atom stereocenters. The van der Waals surface area contributed by atoms with Crippen LogP contribution in [-0.2, 0) is 6.42 Å². The first-order valence-corrected chi connectivity index (χ1v) is 6.22. The Labute approximate surface area is 103 Å². The third-order valence-electron chi connectivity index (χ3n) is 3.59. The van der Waals surface area contributed by atoms with Gasteiger partial charge < -0.3 is 0 Å². The molecule has 0 aliphatic carbocycles. The summed E-state index contributed by atoms with van der Waals surface area (Å²) in [5.74, 6) is 0. The predicted octanol–water partition coefficient (Wildman–Crippen LogP) is 4.62. The molecule has 0 N–H and O–H groups in total. The molecule has 0 unspecified atom stereocenters. The van der Waals surface area contributed by atoms with E-state index in [2.05, 4.69) is 58.5 Å². The summed E-state index contributed by atoms with van der Waals surface area (Å²) in [5, 5.41) is 2.72. The zero-order valence-corrected chi connectivity index (χ0v) is 11.3. The van der Waals surface area contributed by atoms with Crippen LogP contribution in [0.5, 0.6) is 0 Å². The summed E-state index contributed by atoms with van der Waals surface area (Å²) in [7, 11) is 0. The van der Waals surface area contributed by atoms with E-state index in [1.165, 1.54) is 33.0 Å². The van der Waals surface area contributed by atoms with Crippen molar-refractivity contribution in [2.75, 3.05) is 0 Å². The quantitative estimate of drug-likeness (QED) is 0.679. The molecule has 1 heteroatoms. The number of benzene rings is 2. The van der Waals surface area contributed by atoms with Crippen LogP contribution in [0.25, 0.3) is 10.8 Å². The van der Waals surface area contributed by atoms with Gasteiger partial charge in [0.15, 0.2) is 0 Å². The highest BCUT2D eigenvalue weighted by Crippen LogP contribution is 2.31. The fraction of sp³-hybridized carbons (Fsp3) is 0.333. The topological polar surface area (TPSA) is 0 Å². The van der Waals surface area contributed by atoms with Crippen molar-refractivity contribution in [3.63, 3.8) is 0 Å². The normalized spacial score (nSPS) is 11.1. The maximum Gasteiger partial charge on any atom is 0.00810 e. The lowest BCUT2D eigenvalue weighted by Crippen LogP contribution is -1.93. The van der Waals surface area contributed by atoms with Gasteiger partial charge in [-0.05, 0) is 66.3 Å². The lowest BCUT2D eigenvalue weighted by Gasteiger charge is -2.14. The number of hydrogen-bond donors (Lipinski definition) is 1. The molecule has 0 fully saturated rings. The van der Waals surface area contributed by atoms with E-state index in [1.807, 2.05) is 0 Å². The van der Waals surface area contributed by atoms with Crippen molar-refractivity contribution in [2.24, 2.45) is 0 Å². The molecular formula is C15H18S. The van der Waals surface area contributed by atoms with Crippen LogP contribution < -0.4 is 0 Å². The maximum atomic E-state index is 4.61. The van der Waals surface area contributed by atoms with Gasteiger partial charge in [-0.3, -0.25) is 0 Å². The Balaban J connectivity index is 2.92. The molecular weight excluding hydrogens is 212 g/mol. The molecule has 16 heavy (non-hydrogen) atoms. The molecule has 0 aliphatic rings. The second kappa shape index (κ2) is 4.14. The van der Waals surface area contributed by atoms with Gasteiger partial charge in [0, 0.05) is 4.90 Å².